The Balaban J connectivity index is 3.61. The summed E-state index contributed by atoms with van der Waals surface area (Å²) in [4.78, 5) is 23.8. The Labute approximate surface area is 61.5 Å². The number of H-pyrrole nitrogens is 1. The Hall–Kier alpha value is -1.83. The van der Waals surface area contributed by atoms with Gasteiger partial charge in [-0.15, -0.1) is 0 Å². The van der Waals surface area contributed by atoms with Gasteiger partial charge in [0.15, 0.2) is 0 Å². The summed E-state index contributed by atoms with van der Waals surface area (Å²) in [5, 5.41) is 8.31. The van der Waals surface area contributed by atoms with Crippen molar-refractivity contribution in [2.75, 3.05) is 0 Å². The Morgan fingerprint density at radius 3 is 2.73 bits per heavy atom. The first-order valence-corrected chi connectivity index (χ1v) is 2.85. The van der Waals surface area contributed by atoms with Crippen LogP contribution in [0.3, 0.4) is 0 Å². The molecule has 0 saturated carbocycles. The molecule has 0 aliphatic rings. The second kappa shape index (κ2) is 2.42. The van der Waals surface area contributed by atoms with Crippen molar-refractivity contribution < 1.29 is 0 Å². The molecule has 5 heteroatoms. The van der Waals surface area contributed by atoms with Gasteiger partial charge in [0.1, 0.15) is 11.8 Å². The van der Waals surface area contributed by atoms with Crippen LogP contribution < -0.4 is 11.2 Å². The van der Waals surface area contributed by atoms with E-state index in [-0.39, 0.29) is 5.69 Å². The lowest BCUT2D eigenvalue weighted by molar-refractivity contribution is 0.771. The lowest BCUT2D eigenvalue weighted by Gasteiger charge is -1.92. The van der Waals surface area contributed by atoms with Crippen molar-refractivity contribution in [2.45, 2.75) is 0 Å². The van der Waals surface area contributed by atoms with Gasteiger partial charge in [-0.3, -0.25) is 14.3 Å². The second-order valence-electron chi connectivity index (χ2n) is 2.00. The van der Waals surface area contributed by atoms with Gasteiger partial charge in [0.2, 0.25) is 0 Å². The average molecular weight is 151 g/mol. The normalized spacial score (nSPS) is 9.09. The number of aromatic amines is 1. The largest absolute Gasteiger partial charge is 0.329 e. The third kappa shape index (κ3) is 1.19. The van der Waals surface area contributed by atoms with Crippen LogP contribution in [0.5, 0.6) is 0 Å². The summed E-state index contributed by atoms with van der Waals surface area (Å²) in [7, 11) is 1.34. The number of nitriles is 1. The summed E-state index contributed by atoms with van der Waals surface area (Å²) in [5.74, 6) is 0. The molecule has 0 spiro atoms. The van der Waals surface area contributed by atoms with Crippen LogP contribution in [0, 0.1) is 11.3 Å². The molecule has 1 aromatic heterocycles. The number of nitrogens with zero attached hydrogens (tertiary/aromatic N) is 2. The molecule has 1 heterocycles. The summed E-state index contributed by atoms with van der Waals surface area (Å²) in [6.07, 6.45) is 0. The Kier molecular flexibility index (Phi) is 1.60. The van der Waals surface area contributed by atoms with Gasteiger partial charge < -0.3 is 0 Å². The van der Waals surface area contributed by atoms with E-state index in [0.717, 1.165) is 10.6 Å². The molecule has 0 aromatic carbocycles. The van der Waals surface area contributed by atoms with Crippen molar-refractivity contribution in [3.8, 4) is 6.07 Å². The van der Waals surface area contributed by atoms with Gasteiger partial charge >= 0.3 is 5.69 Å². The molecule has 0 unspecified atom stereocenters. The molecule has 1 N–H and O–H groups in total. The molecular formula is C6H5N3O2. The van der Waals surface area contributed by atoms with Crippen LogP contribution in [0.1, 0.15) is 5.69 Å². The van der Waals surface area contributed by atoms with Crippen molar-refractivity contribution in [1.29, 1.82) is 5.26 Å². The number of hydrogen-bond acceptors (Lipinski definition) is 3. The molecule has 0 fully saturated rings. The van der Waals surface area contributed by atoms with E-state index in [1.165, 1.54) is 7.05 Å². The summed E-state index contributed by atoms with van der Waals surface area (Å²) in [6.45, 7) is 0. The van der Waals surface area contributed by atoms with E-state index >= 15 is 0 Å². The minimum absolute atomic E-state index is 0.0156. The summed E-state index contributed by atoms with van der Waals surface area (Å²) in [5.41, 5.74) is -1.07. The predicted molar refractivity (Wildman–Crippen MR) is 37.0 cm³/mol. The van der Waals surface area contributed by atoms with E-state index in [2.05, 4.69) is 4.98 Å². The number of nitrogens with one attached hydrogen (secondary N) is 1. The van der Waals surface area contributed by atoms with Crippen LogP contribution in [0.2, 0.25) is 0 Å². The zero-order chi connectivity index (χ0) is 8.43. The molecule has 0 saturated heterocycles. The molecular weight excluding hydrogens is 146 g/mol. The second-order valence-corrected chi connectivity index (χ2v) is 2.00. The topological polar surface area (TPSA) is 78.7 Å². The lowest BCUT2D eigenvalue weighted by Crippen LogP contribution is -2.32. The van der Waals surface area contributed by atoms with Gasteiger partial charge in [-0.05, 0) is 0 Å². The van der Waals surface area contributed by atoms with Crippen molar-refractivity contribution in [1.82, 2.24) is 9.55 Å². The van der Waals surface area contributed by atoms with Gasteiger partial charge in [0.25, 0.3) is 5.56 Å². The Morgan fingerprint density at radius 1 is 1.64 bits per heavy atom. The first kappa shape index (κ1) is 7.28. The molecule has 1 rings (SSSR count). The number of rotatable bonds is 0. The summed E-state index contributed by atoms with van der Waals surface area (Å²) in [6, 6.07) is 2.74. The predicted octanol–water partition coefficient (Wildman–Crippen LogP) is -1.05. The van der Waals surface area contributed by atoms with Crippen LogP contribution in [0.25, 0.3) is 0 Å². The Bertz CT molecular complexity index is 389. The summed E-state index contributed by atoms with van der Waals surface area (Å²) >= 11 is 0. The fourth-order valence-corrected chi connectivity index (χ4v) is 0.616. The van der Waals surface area contributed by atoms with Crippen LogP contribution in [0.15, 0.2) is 15.7 Å². The van der Waals surface area contributed by atoms with Gasteiger partial charge in [-0.25, -0.2) is 4.79 Å². The van der Waals surface area contributed by atoms with Gasteiger partial charge in [0.05, 0.1) is 0 Å². The van der Waals surface area contributed by atoms with Gasteiger partial charge in [0, 0.05) is 13.1 Å². The van der Waals surface area contributed by atoms with Crippen molar-refractivity contribution in [2.24, 2.45) is 7.05 Å². The van der Waals surface area contributed by atoms with Crippen LogP contribution >= 0.6 is 0 Å². The zero-order valence-corrected chi connectivity index (χ0v) is 5.79. The highest BCUT2D eigenvalue weighted by atomic mass is 16.2. The van der Waals surface area contributed by atoms with E-state index in [1.54, 1.807) is 6.07 Å². The van der Waals surface area contributed by atoms with Crippen LogP contribution in [0.4, 0.5) is 0 Å². The van der Waals surface area contributed by atoms with Crippen molar-refractivity contribution in [3.05, 3.63) is 32.6 Å². The van der Waals surface area contributed by atoms with Crippen LogP contribution in [-0.2, 0) is 7.05 Å². The van der Waals surface area contributed by atoms with Crippen molar-refractivity contribution >= 4 is 0 Å². The molecule has 0 aliphatic carbocycles. The first-order valence-electron chi connectivity index (χ1n) is 2.85. The minimum Gasteiger partial charge on any atom is -0.298 e. The highest BCUT2D eigenvalue weighted by Crippen LogP contribution is 1.77. The Morgan fingerprint density at radius 2 is 2.27 bits per heavy atom. The molecule has 0 atom stereocenters. The van der Waals surface area contributed by atoms with Crippen molar-refractivity contribution in [3.63, 3.8) is 0 Å². The molecule has 11 heavy (non-hydrogen) atoms. The first-order chi connectivity index (χ1) is 5.15. The molecule has 0 bridgehead atoms. The highest BCUT2D eigenvalue weighted by Gasteiger charge is 1.97. The molecule has 1 aromatic rings. The van der Waals surface area contributed by atoms with Crippen LogP contribution in [-0.4, -0.2) is 9.55 Å². The van der Waals surface area contributed by atoms with E-state index in [9.17, 15) is 9.59 Å². The fourth-order valence-electron chi connectivity index (χ4n) is 0.616. The number of hydrogen-bond donors (Lipinski definition) is 1. The maximum atomic E-state index is 10.8. The monoisotopic (exact) mass is 151 g/mol. The fraction of sp³-hybridized carbons (Fsp3) is 0.167. The lowest BCUT2D eigenvalue weighted by atomic mass is 10.4. The standard InChI is InChI=1S/C6H5N3O2/c1-9-5(10)2-4(3-7)8-6(9)11/h2H,1H3,(H,8,11). The number of aromatic nitrogens is 2. The SMILES string of the molecule is Cn1c(=O)cc(C#N)[nH]c1=O. The van der Waals surface area contributed by atoms with E-state index in [0.29, 0.717) is 0 Å². The quantitative estimate of drug-likeness (QED) is 0.513. The maximum Gasteiger partial charge on any atom is 0.329 e. The minimum atomic E-state index is -0.575. The highest BCUT2D eigenvalue weighted by molar-refractivity contribution is 5.16. The molecule has 0 aliphatic heterocycles. The average Bonchev–Trinajstić information content (AvgIpc) is 1.99. The van der Waals surface area contributed by atoms with Gasteiger partial charge in [-0.2, -0.15) is 5.26 Å². The smallest absolute Gasteiger partial charge is 0.298 e. The zero-order valence-electron chi connectivity index (χ0n) is 5.79. The molecule has 56 valence electrons. The maximum absolute atomic E-state index is 10.8. The molecule has 0 amide bonds. The molecule has 0 radical (unpaired) electrons. The van der Waals surface area contributed by atoms with Gasteiger partial charge in [-0.1, -0.05) is 0 Å². The van der Waals surface area contributed by atoms with E-state index < -0.39 is 11.2 Å². The summed E-state index contributed by atoms with van der Waals surface area (Å²) < 4.78 is 0.890. The molecule has 5 nitrogen and oxygen atoms in total. The third-order valence-corrected chi connectivity index (χ3v) is 1.27. The van der Waals surface area contributed by atoms with E-state index in [1.807, 2.05) is 0 Å². The van der Waals surface area contributed by atoms with E-state index in [4.69, 9.17) is 5.26 Å². The third-order valence-electron chi connectivity index (χ3n) is 1.27.